The summed E-state index contributed by atoms with van der Waals surface area (Å²) in [5.74, 6) is 0. The van der Waals surface area contributed by atoms with E-state index >= 15 is 0 Å². The Balaban J connectivity index is 1.69. The number of benzene rings is 4. The van der Waals surface area contributed by atoms with Gasteiger partial charge < -0.3 is 19.2 Å². The molecule has 0 radical (unpaired) electrons. The van der Waals surface area contributed by atoms with Crippen LogP contribution >= 0.6 is 0 Å². The Bertz CT molecular complexity index is 1790. The second kappa shape index (κ2) is 8.72. The zero-order valence-electron chi connectivity index (χ0n) is 20.0. The van der Waals surface area contributed by atoms with E-state index in [2.05, 4.69) is 95.4 Å². The van der Waals surface area contributed by atoms with Gasteiger partial charge in [-0.15, -0.1) is 0 Å². The van der Waals surface area contributed by atoms with Crippen LogP contribution in [0.15, 0.2) is 110 Å². The van der Waals surface area contributed by atoms with Gasteiger partial charge in [0.15, 0.2) is 0 Å². The van der Waals surface area contributed by atoms with Crippen LogP contribution in [0.25, 0.3) is 50.2 Å². The highest BCUT2D eigenvalue weighted by atomic mass is 16.4. The Morgan fingerprint density at radius 1 is 0.694 bits per heavy atom. The van der Waals surface area contributed by atoms with Crippen molar-refractivity contribution in [2.24, 2.45) is 0 Å². The number of allylic oxidation sites excluding steroid dienone is 2. The number of hydrogen-bond acceptors (Lipinski definition) is 2. The van der Waals surface area contributed by atoms with Gasteiger partial charge in [0.05, 0.1) is 16.6 Å². The van der Waals surface area contributed by atoms with Crippen molar-refractivity contribution in [3.05, 3.63) is 121 Å². The molecule has 2 heterocycles. The zero-order chi connectivity index (χ0) is 24.8. The van der Waals surface area contributed by atoms with Gasteiger partial charge in [0, 0.05) is 33.2 Å². The molecule has 0 aliphatic rings. The third kappa shape index (κ3) is 3.41. The van der Waals surface area contributed by atoms with Crippen LogP contribution in [0.4, 0.5) is 0 Å². The molecule has 0 amide bonds. The molecule has 0 atom stereocenters. The number of aryl methyl sites for hydroxylation is 1. The van der Waals surface area contributed by atoms with E-state index in [0.717, 1.165) is 50.0 Å². The van der Waals surface area contributed by atoms with E-state index in [0.29, 0.717) is 5.46 Å². The summed E-state index contributed by atoms with van der Waals surface area (Å²) in [6.07, 6.45) is 5.75. The number of aromatic nitrogens is 2. The minimum absolute atomic E-state index is 0.460. The van der Waals surface area contributed by atoms with Crippen molar-refractivity contribution >= 4 is 51.4 Å². The molecule has 0 saturated carbocycles. The number of hydrogen-bond donors (Lipinski definition) is 2. The van der Waals surface area contributed by atoms with Crippen molar-refractivity contribution < 1.29 is 10.0 Å². The topological polar surface area (TPSA) is 50.3 Å². The van der Waals surface area contributed by atoms with E-state index in [4.69, 9.17) is 0 Å². The summed E-state index contributed by atoms with van der Waals surface area (Å²) in [5, 5.41) is 23.1. The summed E-state index contributed by atoms with van der Waals surface area (Å²) in [5.41, 5.74) is 7.94. The van der Waals surface area contributed by atoms with Gasteiger partial charge in [-0.3, -0.25) is 0 Å². The summed E-state index contributed by atoms with van der Waals surface area (Å²) in [7, 11) is -1.53. The largest absolute Gasteiger partial charge is 0.488 e. The molecule has 4 aromatic carbocycles. The Morgan fingerprint density at radius 3 is 2.22 bits per heavy atom. The summed E-state index contributed by atoms with van der Waals surface area (Å²) < 4.78 is 4.48. The second-order valence-corrected chi connectivity index (χ2v) is 8.98. The molecule has 174 valence electrons. The lowest BCUT2D eigenvalue weighted by molar-refractivity contribution is 0.426. The first kappa shape index (κ1) is 22.2. The van der Waals surface area contributed by atoms with Crippen LogP contribution in [0.5, 0.6) is 0 Å². The molecule has 0 aliphatic heterocycles. The molecule has 0 spiro atoms. The number of rotatable bonds is 5. The first-order valence-electron chi connectivity index (χ1n) is 12.0. The van der Waals surface area contributed by atoms with Gasteiger partial charge in [-0.1, -0.05) is 67.3 Å². The molecule has 5 heteroatoms. The van der Waals surface area contributed by atoms with E-state index in [-0.39, 0.29) is 0 Å². The molecule has 6 rings (SSSR count). The molecular weight excluding hydrogens is 443 g/mol. The zero-order valence-corrected chi connectivity index (χ0v) is 20.0. The van der Waals surface area contributed by atoms with Crippen LogP contribution in [0.3, 0.4) is 0 Å². The fourth-order valence-electron chi connectivity index (χ4n) is 5.24. The predicted octanol–water partition coefficient (Wildman–Crippen LogP) is 5.92. The fraction of sp³-hybridized carbons (Fsp3) is 0.0323. The number of fused-ring (bicyclic) bond motifs is 4. The summed E-state index contributed by atoms with van der Waals surface area (Å²) in [6, 6.07) is 31.0. The van der Waals surface area contributed by atoms with Crippen LogP contribution < -0.4 is 5.46 Å². The third-order valence-corrected chi connectivity index (χ3v) is 6.91. The predicted molar refractivity (Wildman–Crippen MR) is 151 cm³/mol. The van der Waals surface area contributed by atoms with Crippen molar-refractivity contribution in [3.63, 3.8) is 0 Å². The van der Waals surface area contributed by atoms with Crippen molar-refractivity contribution in [1.82, 2.24) is 9.13 Å². The highest BCUT2D eigenvalue weighted by molar-refractivity contribution is 6.58. The van der Waals surface area contributed by atoms with Crippen LogP contribution in [0.2, 0.25) is 0 Å². The number of para-hydroxylation sites is 2. The lowest BCUT2D eigenvalue weighted by atomic mass is 9.80. The average molecular weight is 468 g/mol. The highest BCUT2D eigenvalue weighted by Gasteiger charge is 2.19. The minimum Gasteiger partial charge on any atom is -0.423 e. The molecule has 36 heavy (non-hydrogen) atoms. The molecule has 0 bridgehead atoms. The van der Waals surface area contributed by atoms with Crippen molar-refractivity contribution in [1.29, 1.82) is 0 Å². The van der Waals surface area contributed by atoms with Gasteiger partial charge >= 0.3 is 7.12 Å². The smallest absolute Gasteiger partial charge is 0.423 e. The maximum absolute atomic E-state index is 9.85. The van der Waals surface area contributed by atoms with E-state index < -0.39 is 7.12 Å². The van der Waals surface area contributed by atoms with E-state index in [1.165, 1.54) is 5.39 Å². The van der Waals surface area contributed by atoms with Gasteiger partial charge in [0.1, 0.15) is 0 Å². The van der Waals surface area contributed by atoms with Gasteiger partial charge in [-0.05, 0) is 66.5 Å². The fourth-order valence-corrected chi connectivity index (χ4v) is 5.24. The van der Waals surface area contributed by atoms with Crippen molar-refractivity contribution in [3.8, 4) is 11.4 Å². The van der Waals surface area contributed by atoms with Gasteiger partial charge in [-0.2, -0.15) is 0 Å². The Kier molecular flexibility index (Phi) is 5.37. The third-order valence-electron chi connectivity index (χ3n) is 6.91. The molecule has 0 unspecified atom stereocenters. The second-order valence-electron chi connectivity index (χ2n) is 8.98. The molecule has 0 saturated heterocycles. The normalized spacial score (nSPS) is 11.8. The van der Waals surface area contributed by atoms with Crippen LogP contribution in [-0.4, -0.2) is 26.3 Å². The standard InChI is InChI=1S/C31H25BN2O2/c1-3-4-13-28-21(2)25-17-15-22(32(35)36)19-31(25)34(28)24-16-18-30-27(20-24)26-12-8-9-14-29(26)33(30)23-10-6-5-7-11-23/h3-20,35-36H,1H2,2H3/b13-4-. The Labute approximate surface area is 209 Å². The lowest BCUT2D eigenvalue weighted by Gasteiger charge is -2.12. The van der Waals surface area contributed by atoms with E-state index in [1.807, 2.05) is 24.3 Å². The SMILES string of the molecule is C=C/C=C\c1c(C)c2ccc(B(O)O)cc2n1-c1ccc2c(c1)c1ccccc1n2-c1ccccc1. The number of nitrogens with zero attached hydrogens (tertiary/aromatic N) is 2. The minimum atomic E-state index is -1.53. The summed E-state index contributed by atoms with van der Waals surface area (Å²) in [4.78, 5) is 0. The molecule has 2 N–H and O–H groups in total. The van der Waals surface area contributed by atoms with Gasteiger partial charge in [0.25, 0.3) is 0 Å². The first-order valence-corrected chi connectivity index (χ1v) is 12.0. The molecular formula is C31H25BN2O2. The van der Waals surface area contributed by atoms with Crippen molar-refractivity contribution in [2.75, 3.05) is 0 Å². The Hall–Kier alpha value is -4.32. The monoisotopic (exact) mass is 468 g/mol. The van der Waals surface area contributed by atoms with Crippen molar-refractivity contribution in [2.45, 2.75) is 6.92 Å². The average Bonchev–Trinajstić information content (AvgIpc) is 3.39. The maximum atomic E-state index is 9.85. The molecule has 6 aromatic rings. The first-order chi connectivity index (χ1) is 17.6. The molecule has 4 nitrogen and oxygen atoms in total. The Morgan fingerprint density at radius 2 is 1.44 bits per heavy atom. The van der Waals surface area contributed by atoms with Crippen LogP contribution in [-0.2, 0) is 0 Å². The maximum Gasteiger partial charge on any atom is 0.488 e. The van der Waals surface area contributed by atoms with Gasteiger partial charge in [-0.25, -0.2) is 0 Å². The van der Waals surface area contributed by atoms with Gasteiger partial charge in [0.2, 0.25) is 0 Å². The molecule has 2 aromatic heterocycles. The van der Waals surface area contributed by atoms with E-state index in [9.17, 15) is 10.0 Å². The molecule has 0 aliphatic carbocycles. The lowest BCUT2D eigenvalue weighted by Crippen LogP contribution is -2.29. The van der Waals surface area contributed by atoms with E-state index in [1.54, 1.807) is 12.1 Å². The summed E-state index contributed by atoms with van der Waals surface area (Å²) in [6.45, 7) is 5.93. The van der Waals surface area contributed by atoms with Crippen LogP contribution in [0.1, 0.15) is 11.3 Å². The van der Waals surface area contributed by atoms with Crippen LogP contribution in [0, 0.1) is 6.92 Å². The molecule has 0 fully saturated rings. The quantitative estimate of drug-likeness (QED) is 0.244. The summed E-state index contributed by atoms with van der Waals surface area (Å²) >= 11 is 0. The highest BCUT2D eigenvalue weighted by Crippen LogP contribution is 2.36.